The second kappa shape index (κ2) is 11.3. The van der Waals surface area contributed by atoms with Crippen LogP contribution in [0.3, 0.4) is 0 Å². The van der Waals surface area contributed by atoms with Crippen LogP contribution < -0.4 is 0 Å². The molecule has 116 valence electrons. The van der Waals surface area contributed by atoms with E-state index in [1.165, 1.54) is 0 Å². The van der Waals surface area contributed by atoms with Crippen LogP contribution in [0.1, 0.15) is 52.9 Å². The Balaban J connectivity index is 4.04. The highest BCUT2D eigenvalue weighted by molar-refractivity contribution is 5.76. The van der Waals surface area contributed by atoms with Gasteiger partial charge >= 0.3 is 11.9 Å². The molecule has 0 amide bonds. The minimum Gasteiger partial charge on any atom is -0.466 e. The number of rotatable bonds is 11. The van der Waals surface area contributed by atoms with Crippen molar-refractivity contribution in [2.24, 2.45) is 0 Å². The molecular weight excluding hydrogens is 264 g/mol. The molecular formula is C14H24O6. The van der Waals surface area contributed by atoms with E-state index < -0.39 is 18.2 Å². The van der Waals surface area contributed by atoms with Gasteiger partial charge in [-0.05, 0) is 26.2 Å². The van der Waals surface area contributed by atoms with Crippen molar-refractivity contribution in [3.8, 4) is 0 Å². The molecule has 0 aromatic carbocycles. The number of hydrogen-bond donors (Lipinski definition) is 0. The molecule has 0 N–H and O–H groups in total. The molecule has 20 heavy (non-hydrogen) atoms. The van der Waals surface area contributed by atoms with Crippen LogP contribution in [0.2, 0.25) is 0 Å². The monoisotopic (exact) mass is 288 g/mol. The lowest BCUT2D eigenvalue weighted by Crippen LogP contribution is -2.29. The maximum Gasteiger partial charge on any atom is 0.347 e. The Labute approximate surface area is 119 Å². The van der Waals surface area contributed by atoms with Gasteiger partial charge in [0.15, 0.2) is 6.10 Å². The second-order valence-electron chi connectivity index (χ2n) is 4.52. The Kier molecular flexibility index (Phi) is 10.4. The Hall–Kier alpha value is -1.59. The molecule has 0 heterocycles. The van der Waals surface area contributed by atoms with Crippen molar-refractivity contribution in [1.29, 1.82) is 0 Å². The first-order valence-corrected chi connectivity index (χ1v) is 7.00. The summed E-state index contributed by atoms with van der Waals surface area (Å²) in [6.45, 7) is 6.13. The van der Waals surface area contributed by atoms with E-state index in [2.05, 4.69) is 4.74 Å². The lowest BCUT2D eigenvalue weighted by Gasteiger charge is -2.17. The molecule has 0 aromatic heterocycles. The van der Waals surface area contributed by atoms with Crippen LogP contribution in [0.4, 0.5) is 0 Å². The van der Waals surface area contributed by atoms with Crippen molar-refractivity contribution in [2.45, 2.75) is 65.1 Å². The molecule has 0 saturated heterocycles. The fraction of sp³-hybridized carbons (Fsp3) is 0.786. The van der Waals surface area contributed by atoms with Gasteiger partial charge in [-0.2, -0.15) is 0 Å². The van der Waals surface area contributed by atoms with Gasteiger partial charge in [-0.25, -0.2) is 4.79 Å². The van der Waals surface area contributed by atoms with Crippen molar-refractivity contribution in [2.75, 3.05) is 6.61 Å². The number of hydrogen-bond acceptors (Lipinski definition) is 6. The van der Waals surface area contributed by atoms with Crippen LogP contribution in [0, 0.1) is 0 Å². The van der Waals surface area contributed by atoms with Crippen molar-refractivity contribution < 1.29 is 28.6 Å². The minimum atomic E-state index is -0.869. The predicted octanol–water partition coefficient (Wildman–Crippen LogP) is 1.99. The summed E-state index contributed by atoms with van der Waals surface area (Å²) in [5.74, 6) is -0.877. The Bertz CT molecular complexity index is 302. The first-order valence-electron chi connectivity index (χ1n) is 7.00. The van der Waals surface area contributed by atoms with Crippen molar-refractivity contribution in [1.82, 2.24) is 0 Å². The molecule has 0 fully saturated rings. The molecule has 0 aliphatic carbocycles. The first-order chi connectivity index (χ1) is 9.54. The van der Waals surface area contributed by atoms with Crippen LogP contribution in [0.15, 0.2) is 0 Å². The van der Waals surface area contributed by atoms with Crippen LogP contribution in [-0.2, 0) is 28.6 Å². The van der Waals surface area contributed by atoms with Gasteiger partial charge in [0.05, 0.1) is 12.7 Å². The summed E-state index contributed by atoms with van der Waals surface area (Å²) < 4.78 is 14.7. The first kappa shape index (κ1) is 18.4. The molecule has 0 radical (unpaired) electrons. The third-order valence-electron chi connectivity index (χ3n) is 2.57. The molecule has 0 rings (SSSR count). The van der Waals surface area contributed by atoms with E-state index in [0.717, 1.165) is 6.42 Å². The van der Waals surface area contributed by atoms with E-state index in [1.807, 2.05) is 13.8 Å². The summed E-state index contributed by atoms with van der Waals surface area (Å²) in [5, 5.41) is 0. The zero-order valence-electron chi connectivity index (χ0n) is 12.4. The van der Waals surface area contributed by atoms with E-state index in [1.54, 1.807) is 6.92 Å². The van der Waals surface area contributed by atoms with Gasteiger partial charge in [-0.3, -0.25) is 9.59 Å². The molecule has 0 aromatic rings. The van der Waals surface area contributed by atoms with Crippen LogP contribution in [0.25, 0.3) is 0 Å². The number of esters is 2. The summed E-state index contributed by atoms with van der Waals surface area (Å²) in [6, 6.07) is 0. The molecule has 6 nitrogen and oxygen atoms in total. The number of carbonyl (C=O) groups is 3. The van der Waals surface area contributed by atoms with Crippen LogP contribution in [-0.4, -0.2) is 37.2 Å². The normalized spacial score (nSPS) is 13.2. The molecule has 0 spiro atoms. The molecule has 0 saturated carbocycles. The quantitative estimate of drug-likeness (QED) is 0.329. The minimum absolute atomic E-state index is 0.196. The van der Waals surface area contributed by atoms with Gasteiger partial charge in [-0.15, -0.1) is 0 Å². The molecule has 2 unspecified atom stereocenters. The van der Waals surface area contributed by atoms with Crippen LogP contribution in [0.5, 0.6) is 0 Å². The summed E-state index contributed by atoms with van der Waals surface area (Å²) in [4.78, 5) is 33.3. The summed E-state index contributed by atoms with van der Waals surface area (Å²) in [7, 11) is 0. The molecule has 2 atom stereocenters. The predicted molar refractivity (Wildman–Crippen MR) is 71.9 cm³/mol. The summed E-state index contributed by atoms with van der Waals surface area (Å²) in [5.41, 5.74) is 0. The average Bonchev–Trinajstić information content (AvgIpc) is 2.42. The average molecular weight is 288 g/mol. The van der Waals surface area contributed by atoms with Gasteiger partial charge in [0.1, 0.15) is 0 Å². The summed E-state index contributed by atoms with van der Waals surface area (Å²) in [6.07, 6.45) is 1.18. The van der Waals surface area contributed by atoms with Crippen molar-refractivity contribution >= 4 is 18.4 Å². The molecule has 6 heteroatoms. The van der Waals surface area contributed by atoms with E-state index in [4.69, 9.17) is 9.47 Å². The highest BCUT2D eigenvalue weighted by Crippen LogP contribution is 2.09. The number of carbonyl (C=O) groups excluding carboxylic acids is 3. The molecule has 0 aliphatic heterocycles. The van der Waals surface area contributed by atoms with Crippen molar-refractivity contribution in [3.63, 3.8) is 0 Å². The summed E-state index contributed by atoms with van der Waals surface area (Å²) >= 11 is 0. The standard InChI is InChI=1S/C14H24O6/c1-4-6-12(19-10-15)14(17)20-11(3)7-8-13(16)18-9-5-2/h10-12H,4-9H2,1-3H3. The SMILES string of the molecule is CCCOC(=O)CCC(C)OC(=O)C(CCC)OC=O. The zero-order valence-corrected chi connectivity index (χ0v) is 12.4. The maximum atomic E-state index is 11.7. The zero-order chi connectivity index (χ0) is 15.4. The second-order valence-corrected chi connectivity index (χ2v) is 4.52. The third kappa shape index (κ3) is 8.50. The Morgan fingerprint density at radius 3 is 2.40 bits per heavy atom. The fourth-order valence-corrected chi connectivity index (χ4v) is 1.51. The molecule has 0 aliphatic rings. The van der Waals surface area contributed by atoms with E-state index in [0.29, 0.717) is 25.9 Å². The lowest BCUT2D eigenvalue weighted by molar-refractivity contribution is -0.166. The number of ether oxygens (including phenoxy) is 3. The third-order valence-corrected chi connectivity index (χ3v) is 2.57. The van der Waals surface area contributed by atoms with Gasteiger partial charge in [0.2, 0.25) is 0 Å². The van der Waals surface area contributed by atoms with Gasteiger partial charge < -0.3 is 14.2 Å². The topological polar surface area (TPSA) is 78.9 Å². The largest absolute Gasteiger partial charge is 0.466 e. The highest BCUT2D eigenvalue weighted by Gasteiger charge is 2.22. The molecule has 0 bridgehead atoms. The lowest BCUT2D eigenvalue weighted by atomic mass is 10.2. The Morgan fingerprint density at radius 2 is 1.85 bits per heavy atom. The van der Waals surface area contributed by atoms with Crippen LogP contribution >= 0.6 is 0 Å². The Morgan fingerprint density at radius 1 is 1.15 bits per heavy atom. The van der Waals surface area contributed by atoms with E-state index >= 15 is 0 Å². The highest BCUT2D eigenvalue weighted by atomic mass is 16.6. The smallest absolute Gasteiger partial charge is 0.347 e. The van der Waals surface area contributed by atoms with E-state index in [-0.39, 0.29) is 18.9 Å². The fourth-order valence-electron chi connectivity index (χ4n) is 1.51. The van der Waals surface area contributed by atoms with Gasteiger partial charge in [0, 0.05) is 6.42 Å². The maximum absolute atomic E-state index is 11.7. The van der Waals surface area contributed by atoms with Crippen molar-refractivity contribution in [3.05, 3.63) is 0 Å². The van der Waals surface area contributed by atoms with Gasteiger partial charge in [0.25, 0.3) is 6.47 Å². The van der Waals surface area contributed by atoms with Gasteiger partial charge in [-0.1, -0.05) is 20.3 Å². The van der Waals surface area contributed by atoms with E-state index in [9.17, 15) is 14.4 Å².